The molecular weight excluding hydrogens is 362 g/mol. The Hall–Kier alpha value is -3.21. The van der Waals surface area contributed by atoms with Crippen molar-refractivity contribution < 1.29 is 9.59 Å². The van der Waals surface area contributed by atoms with E-state index in [1.54, 1.807) is 4.68 Å². The van der Waals surface area contributed by atoms with Gasteiger partial charge in [-0.25, -0.2) is 4.68 Å². The Bertz CT molecular complexity index is 1130. The average molecular weight is 387 g/mol. The number of aromatic nitrogens is 2. The van der Waals surface area contributed by atoms with Gasteiger partial charge in [0.25, 0.3) is 0 Å². The van der Waals surface area contributed by atoms with Crippen molar-refractivity contribution in [1.29, 1.82) is 0 Å². The van der Waals surface area contributed by atoms with Crippen LogP contribution in [0.5, 0.6) is 0 Å². The molecule has 5 heteroatoms. The van der Waals surface area contributed by atoms with E-state index in [-0.39, 0.29) is 18.1 Å². The summed E-state index contributed by atoms with van der Waals surface area (Å²) >= 11 is 0. The molecule has 1 atom stereocenters. The lowest BCUT2D eigenvalue weighted by atomic mass is 9.84. The van der Waals surface area contributed by atoms with Gasteiger partial charge in [-0.05, 0) is 56.5 Å². The van der Waals surface area contributed by atoms with Gasteiger partial charge >= 0.3 is 0 Å². The first-order valence-electron chi connectivity index (χ1n) is 9.99. The van der Waals surface area contributed by atoms with Gasteiger partial charge < -0.3 is 5.32 Å². The normalized spacial score (nSPS) is 15.7. The minimum absolute atomic E-state index is 0.0211. The molecule has 0 saturated carbocycles. The summed E-state index contributed by atoms with van der Waals surface area (Å²) in [5.41, 5.74) is 6.29. The van der Waals surface area contributed by atoms with Gasteiger partial charge in [0.15, 0.2) is 5.78 Å². The summed E-state index contributed by atoms with van der Waals surface area (Å²) in [6.07, 6.45) is 1.05. The summed E-state index contributed by atoms with van der Waals surface area (Å²) in [7, 11) is 0. The van der Waals surface area contributed by atoms with Gasteiger partial charge in [-0.1, -0.05) is 36.8 Å². The molecule has 1 aliphatic heterocycles. The van der Waals surface area contributed by atoms with Gasteiger partial charge in [-0.15, -0.1) is 0 Å². The van der Waals surface area contributed by atoms with Crippen LogP contribution in [0.2, 0.25) is 0 Å². The monoisotopic (exact) mass is 387 g/mol. The van der Waals surface area contributed by atoms with Gasteiger partial charge in [0.05, 0.1) is 17.3 Å². The van der Waals surface area contributed by atoms with Crippen molar-refractivity contribution in [1.82, 2.24) is 9.78 Å². The third kappa shape index (κ3) is 3.37. The Morgan fingerprint density at radius 1 is 1.17 bits per heavy atom. The number of aryl methyl sites for hydroxylation is 4. The molecule has 1 amide bonds. The molecule has 0 spiro atoms. The second-order valence-electron chi connectivity index (χ2n) is 7.77. The molecule has 0 bridgehead atoms. The highest BCUT2D eigenvalue weighted by Crippen LogP contribution is 2.38. The topological polar surface area (TPSA) is 64.0 Å². The van der Waals surface area contributed by atoms with Crippen LogP contribution in [-0.2, 0) is 11.2 Å². The first-order chi connectivity index (χ1) is 13.9. The minimum atomic E-state index is -0.526. The van der Waals surface area contributed by atoms with Crippen molar-refractivity contribution in [2.75, 3.05) is 5.32 Å². The summed E-state index contributed by atoms with van der Waals surface area (Å²) in [5, 5.41) is 7.65. The molecule has 1 aromatic heterocycles. The molecule has 4 rings (SSSR count). The minimum Gasteiger partial charge on any atom is -0.310 e. The second-order valence-corrected chi connectivity index (χ2v) is 7.77. The van der Waals surface area contributed by atoms with Crippen molar-refractivity contribution in [3.63, 3.8) is 0 Å². The molecule has 3 aromatic rings. The number of hydrogen-bond donors (Lipinski definition) is 1. The lowest BCUT2D eigenvalue weighted by molar-refractivity contribution is -0.116. The molecule has 1 N–H and O–H groups in total. The van der Waals surface area contributed by atoms with Crippen LogP contribution in [0.15, 0.2) is 42.5 Å². The Morgan fingerprint density at radius 2 is 1.97 bits per heavy atom. The Balaban J connectivity index is 1.84. The summed E-state index contributed by atoms with van der Waals surface area (Å²) in [6, 6.07) is 13.9. The predicted octanol–water partition coefficient (Wildman–Crippen LogP) is 4.67. The molecule has 0 saturated heterocycles. The number of ketones is 1. The number of carbonyl (C=O) groups is 2. The Kier molecular flexibility index (Phi) is 4.82. The van der Waals surface area contributed by atoms with Crippen molar-refractivity contribution in [2.24, 2.45) is 0 Å². The van der Waals surface area contributed by atoms with E-state index in [1.165, 1.54) is 5.56 Å². The van der Waals surface area contributed by atoms with Crippen LogP contribution in [0.25, 0.3) is 5.69 Å². The lowest BCUT2D eigenvalue weighted by Crippen LogP contribution is -2.28. The first-order valence-corrected chi connectivity index (χ1v) is 9.99. The molecule has 2 aromatic carbocycles. The van der Waals surface area contributed by atoms with Gasteiger partial charge in [0.1, 0.15) is 5.82 Å². The smallest absolute Gasteiger partial charge is 0.226 e. The number of benzene rings is 2. The predicted molar refractivity (Wildman–Crippen MR) is 114 cm³/mol. The van der Waals surface area contributed by atoms with Crippen LogP contribution in [-0.4, -0.2) is 21.5 Å². The zero-order valence-corrected chi connectivity index (χ0v) is 17.2. The van der Waals surface area contributed by atoms with E-state index in [9.17, 15) is 9.59 Å². The third-order valence-electron chi connectivity index (χ3n) is 5.64. The van der Waals surface area contributed by atoms with E-state index >= 15 is 0 Å². The number of Topliss-reactive ketones (excluding diaryl/α,β-unsaturated/α-hetero) is 1. The fraction of sp³-hybridized carbons (Fsp3) is 0.292. The molecule has 0 radical (unpaired) electrons. The molecule has 5 nitrogen and oxygen atoms in total. The lowest BCUT2D eigenvalue weighted by Gasteiger charge is -2.24. The highest BCUT2D eigenvalue weighted by molar-refractivity contribution is 6.08. The van der Waals surface area contributed by atoms with Crippen molar-refractivity contribution >= 4 is 17.5 Å². The van der Waals surface area contributed by atoms with Gasteiger partial charge in [-0.3, -0.25) is 9.59 Å². The van der Waals surface area contributed by atoms with Crippen LogP contribution in [0.1, 0.15) is 57.6 Å². The second kappa shape index (κ2) is 7.32. The number of rotatable bonds is 4. The fourth-order valence-corrected chi connectivity index (χ4v) is 4.06. The number of amides is 1. The third-order valence-corrected chi connectivity index (χ3v) is 5.64. The molecule has 0 aliphatic carbocycles. The number of nitrogens with zero attached hydrogens (tertiary/aromatic N) is 2. The van der Waals surface area contributed by atoms with E-state index in [0.717, 1.165) is 34.5 Å². The maximum atomic E-state index is 13.5. The molecule has 148 valence electrons. The van der Waals surface area contributed by atoms with Gasteiger partial charge in [-0.2, -0.15) is 5.10 Å². The molecule has 0 fully saturated rings. The van der Waals surface area contributed by atoms with Crippen LogP contribution in [0.4, 0.5) is 5.82 Å². The highest BCUT2D eigenvalue weighted by atomic mass is 16.2. The molecular formula is C24H25N3O2. The van der Waals surface area contributed by atoms with E-state index < -0.39 is 5.92 Å². The molecule has 29 heavy (non-hydrogen) atoms. The van der Waals surface area contributed by atoms with Gasteiger partial charge in [0.2, 0.25) is 5.91 Å². The Morgan fingerprint density at radius 3 is 2.72 bits per heavy atom. The van der Waals surface area contributed by atoms with E-state index in [1.807, 2.05) is 51.1 Å². The molecule has 2 heterocycles. The fourth-order valence-electron chi connectivity index (χ4n) is 4.06. The summed E-state index contributed by atoms with van der Waals surface area (Å²) in [6.45, 7) is 7.91. The van der Waals surface area contributed by atoms with Crippen molar-refractivity contribution in [2.45, 2.75) is 46.5 Å². The zero-order valence-electron chi connectivity index (χ0n) is 17.2. The summed E-state index contributed by atoms with van der Waals surface area (Å²) in [5.74, 6) is -0.0979. The van der Waals surface area contributed by atoms with Crippen LogP contribution in [0.3, 0.4) is 0 Å². The Labute approximate surface area is 170 Å². The number of nitrogens with one attached hydrogen (secondary N) is 1. The average Bonchev–Trinajstić information content (AvgIpc) is 3.05. The zero-order chi connectivity index (χ0) is 20.7. The van der Waals surface area contributed by atoms with Crippen molar-refractivity contribution in [3.05, 3.63) is 76.0 Å². The van der Waals surface area contributed by atoms with Crippen LogP contribution in [0, 0.1) is 20.8 Å². The highest BCUT2D eigenvalue weighted by Gasteiger charge is 2.36. The summed E-state index contributed by atoms with van der Waals surface area (Å²) < 4.78 is 1.75. The maximum absolute atomic E-state index is 13.5. The van der Waals surface area contributed by atoms with Crippen molar-refractivity contribution in [3.8, 4) is 5.69 Å². The van der Waals surface area contributed by atoms with Gasteiger partial charge in [0, 0.05) is 17.5 Å². The number of carbonyl (C=O) groups excluding carboxylic acids is 2. The van der Waals surface area contributed by atoms with Crippen LogP contribution >= 0.6 is 0 Å². The summed E-state index contributed by atoms with van der Waals surface area (Å²) in [4.78, 5) is 26.0. The molecule has 0 unspecified atom stereocenters. The van der Waals surface area contributed by atoms with E-state index in [0.29, 0.717) is 11.4 Å². The maximum Gasteiger partial charge on any atom is 0.226 e. The molecule has 1 aliphatic rings. The standard InChI is InChI=1S/C24H25N3O2/c1-5-17-7-6-8-18(12-17)27-24-22(16(4)26-27)20(13-21(28)25-24)23(29)19-11-14(2)9-10-15(19)3/h6-12,20H,5,13H2,1-4H3,(H,25,28)/t20-/m0/s1. The largest absolute Gasteiger partial charge is 0.310 e. The first kappa shape index (κ1) is 19.1. The SMILES string of the molecule is CCc1cccc(-n2nc(C)c3c2NC(=O)C[C@@H]3C(=O)c2cc(C)ccc2C)c1. The van der Waals surface area contributed by atoms with E-state index in [4.69, 9.17) is 0 Å². The number of fused-ring (bicyclic) bond motifs is 1. The quantitative estimate of drug-likeness (QED) is 0.662. The number of hydrogen-bond acceptors (Lipinski definition) is 3. The van der Waals surface area contributed by atoms with E-state index in [2.05, 4.69) is 29.5 Å². The van der Waals surface area contributed by atoms with Crippen LogP contribution < -0.4 is 5.32 Å². The number of anilines is 1.